The molecular formula is C22H25ClN6O2. The van der Waals surface area contributed by atoms with Crippen LogP contribution in [0.2, 0.25) is 5.02 Å². The second-order valence-corrected chi connectivity index (χ2v) is 7.96. The van der Waals surface area contributed by atoms with E-state index in [4.69, 9.17) is 16.3 Å². The van der Waals surface area contributed by atoms with E-state index in [0.717, 1.165) is 24.5 Å². The monoisotopic (exact) mass is 440 g/mol. The number of carbonyl (C=O) groups is 1. The molecule has 0 bridgehead atoms. The Morgan fingerprint density at radius 2 is 2.00 bits per heavy atom. The molecule has 31 heavy (non-hydrogen) atoms. The summed E-state index contributed by atoms with van der Waals surface area (Å²) in [4.78, 5) is 19.5. The van der Waals surface area contributed by atoms with Gasteiger partial charge in [0.25, 0.3) is 0 Å². The number of pyridine rings is 1. The average molecular weight is 441 g/mol. The molecule has 0 unspecified atom stereocenters. The summed E-state index contributed by atoms with van der Waals surface area (Å²) < 4.78 is 7.03. The van der Waals surface area contributed by atoms with Gasteiger partial charge in [-0.25, -0.2) is 4.79 Å². The Hall–Kier alpha value is -3.26. The molecule has 4 rings (SSSR count). The Balaban J connectivity index is 1.51. The van der Waals surface area contributed by atoms with Gasteiger partial charge in [-0.3, -0.25) is 9.67 Å². The zero-order valence-corrected chi connectivity index (χ0v) is 18.2. The molecule has 1 aliphatic rings. The SMILES string of the molecule is COc1ccc([C@@H]2CN(c3ccn(C)n3)CC[C@H]2NC(=O)Nc2ccc(Cl)cc2)nc1. The lowest BCUT2D eigenvalue weighted by atomic mass is 9.89. The maximum Gasteiger partial charge on any atom is 0.319 e. The van der Waals surface area contributed by atoms with Crippen LogP contribution in [0.4, 0.5) is 16.3 Å². The number of aryl methyl sites for hydroxylation is 1. The second kappa shape index (κ2) is 9.26. The lowest BCUT2D eigenvalue weighted by Crippen LogP contribution is -2.51. The van der Waals surface area contributed by atoms with Crippen LogP contribution in [0.25, 0.3) is 0 Å². The average Bonchev–Trinajstić information content (AvgIpc) is 3.22. The topological polar surface area (TPSA) is 84.3 Å². The molecule has 0 saturated carbocycles. The van der Waals surface area contributed by atoms with E-state index in [1.54, 1.807) is 42.3 Å². The van der Waals surface area contributed by atoms with Crippen molar-refractivity contribution in [3.8, 4) is 5.75 Å². The number of hydrogen-bond acceptors (Lipinski definition) is 5. The summed E-state index contributed by atoms with van der Waals surface area (Å²) in [5.74, 6) is 1.62. The zero-order chi connectivity index (χ0) is 21.8. The van der Waals surface area contributed by atoms with Gasteiger partial charge in [0.15, 0.2) is 5.82 Å². The van der Waals surface area contributed by atoms with E-state index in [1.807, 2.05) is 31.4 Å². The Kier molecular flexibility index (Phi) is 6.27. The number of amides is 2. The maximum atomic E-state index is 12.7. The van der Waals surface area contributed by atoms with Crippen molar-refractivity contribution >= 4 is 29.1 Å². The number of nitrogens with one attached hydrogen (secondary N) is 2. The first-order valence-corrected chi connectivity index (χ1v) is 10.5. The number of benzene rings is 1. The summed E-state index contributed by atoms with van der Waals surface area (Å²) in [5, 5.41) is 11.2. The van der Waals surface area contributed by atoms with E-state index < -0.39 is 0 Å². The van der Waals surface area contributed by atoms with E-state index in [2.05, 4.69) is 25.6 Å². The van der Waals surface area contributed by atoms with Crippen molar-refractivity contribution in [1.29, 1.82) is 0 Å². The summed E-state index contributed by atoms with van der Waals surface area (Å²) in [6, 6.07) is 12.6. The van der Waals surface area contributed by atoms with Crippen molar-refractivity contribution in [3.05, 3.63) is 65.6 Å². The van der Waals surface area contributed by atoms with Crippen LogP contribution >= 0.6 is 11.6 Å². The van der Waals surface area contributed by atoms with Crippen molar-refractivity contribution < 1.29 is 9.53 Å². The quantitative estimate of drug-likeness (QED) is 0.632. The molecule has 162 valence electrons. The molecule has 2 amide bonds. The van der Waals surface area contributed by atoms with E-state index in [1.165, 1.54) is 0 Å². The lowest BCUT2D eigenvalue weighted by Gasteiger charge is -2.38. The minimum absolute atomic E-state index is 0.00219. The van der Waals surface area contributed by atoms with Crippen LogP contribution in [0.5, 0.6) is 5.75 Å². The van der Waals surface area contributed by atoms with Crippen molar-refractivity contribution in [2.75, 3.05) is 30.4 Å². The van der Waals surface area contributed by atoms with Gasteiger partial charge in [-0.15, -0.1) is 0 Å². The van der Waals surface area contributed by atoms with E-state index >= 15 is 0 Å². The number of methoxy groups -OCH3 is 1. The number of aromatic nitrogens is 3. The fourth-order valence-electron chi connectivity index (χ4n) is 3.80. The molecule has 1 saturated heterocycles. The van der Waals surface area contributed by atoms with Crippen molar-refractivity contribution in [1.82, 2.24) is 20.1 Å². The Bertz CT molecular complexity index is 1020. The molecule has 0 aliphatic carbocycles. The van der Waals surface area contributed by atoms with Gasteiger partial charge in [-0.05, 0) is 42.8 Å². The maximum absolute atomic E-state index is 12.7. The van der Waals surface area contributed by atoms with Crippen molar-refractivity contribution in [2.24, 2.45) is 7.05 Å². The summed E-state index contributed by atoms with van der Waals surface area (Å²) >= 11 is 5.92. The van der Waals surface area contributed by atoms with Crippen LogP contribution < -0.4 is 20.3 Å². The third-order valence-corrected chi connectivity index (χ3v) is 5.68. The second-order valence-electron chi connectivity index (χ2n) is 7.52. The standard InChI is InChI=1S/C22H25ClN6O2/c1-28-11-10-21(27-28)29-12-9-20(18(14-29)19-8-7-17(31-2)13-24-19)26-22(30)25-16-5-3-15(23)4-6-16/h3-8,10-11,13,18,20H,9,12,14H2,1-2H3,(H2,25,26,30)/t18-,20+/m0/s1. The number of rotatable bonds is 5. The summed E-state index contributed by atoms with van der Waals surface area (Å²) in [5.41, 5.74) is 1.59. The Labute approximate surface area is 186 Å². The number of piperidine rings is 1. The summed E-state index contributed by atoms with van der Waals surface area (Å²) in [6.45, 7) is 1.48. The van der Waals surface area contributed by atoms with Crippen LogP contribution in [0.1, 0.15) is 18.0 Å². The number of urea groups is 1. The van der Waals surface area contributed by atoms with Gasteiger partial charge in [0.1, 0.15) is 5.75 Å². The molecule has 2 atom stereocenters. The van der Waals surface area contributed by atoms with E-state index in [0.29, 0.717) is 23.0 Å². The first-order chi connectivity index (χ1) is 15.0. The van der Waals surface area contributed by atoms with Gasteiger partial charge >= 0.3 is 6.03 Å². The normalized spacial score (nSPS) is 18.5. The zero-order valence-electron chi connectivity index (χ0n) is 17.5. The summed E-state index contributed by atoms with van der Waals surface area (Å²) in [6.07, 6.45) is 4.41. The third kappa shape index (κ3) is 5.08. The molecule has 9 heteroatoms. The molecule has 2 aromatic heterocycles. The third-order valence-electron chi connectivity index (χ3n) is 5.43. The Morgan fingerprint density at radius 3 is 2.65 bits per heavy atom. The molecule has 0 spiro atoms. The number of carbonyl (C=O) groups excluding carboxylic acids is 1. The van der Waals surface area contributed by atoms with Gasteiger partial charge in [-0.2, -0.15) is 5.10 Å². The number of anilines is 2. The molecule has 0 radical (unpaired) electrons. The van der Waals surface area contributed by atoms with Crippen LogP contribution in [0.15, 0.2) is 54.9 Å². The minimum atomic E-state index is -0.253. The molecule has 3 heterocycles. The Morgan fingerprint density at radius 1 is 1.19 bits per heavy atom. The van der Waals surface area contributed by atoms with Gasteiger partial charge in [-0.1, -0.05) is 11.6 Å². The molecule has 1 fully saturated rings. The van der Waals surface area contributed by atoms with Crippen LogP contribution in [-0.2, 0) is 7.05 Å². The highest BCUT2D eigenvalue weighted by Gasteiger charge is 2.33. The number of ether oxygens (including phenoxy) is 1. The first kappa shape index (κ1) is 21.0. The first-order valence-electron chi connectivity index (χ1n) is 10.1. The van der Waals surface area contributed by atoms with E-state index in [9.17, 15) is 4.79 Å². The molecule has 1 aromatic carbocycles. The molecule has 8 nitrogen and oxygen atoms in total. The number of hydrogen-bond donors (Lipinski definition) is 2. The van der Waals surface area contributed by atoms with E-state index in [-0.39, 0.29) is 18.0 Å². The van der Waals surface area contributed by atoms with Crippen molar-refractivity contribution in [2.45, 2.75) is 18.4 Å². The molecular weight excluding hydrogens is 416 g/mol. The van der Waals surface area contributed by atoms with Gasteiger partial charge < -0.3 is 20.3 Å². The van der Waals surface area contributed by atoms with Crippen LogP contribution in [0.3, 0.4) is 0 Å². The van der Waals surface area contributed by atoms with Crippen molar-refractivity contribution in [3.63, 3.8) is 0 Å². The van der Waals surface area contributed by atoms with Crippen LogP contribution in [0, 0.1) is 0 Å². The van der Waals surface area contributed by atoms with Crippen LogP contribution in [-0.4, -0.2) is 47.0 Å². The number of halogens is 1. The predicted molar refractivity (Wildman–Crippen MR) is 121 cm³/mol. The molecule has 2 N–H and O–H groups in total. The van der Waals surface area contributed by atoms with Gasteiger partial charge in [0, 0.05) is 60.8 Å². The fraction of sp³-hybridized carbons (Fsp3) is 0.318. The fourth-order valence-corrected chi connectivity index (χ4v) is 3.93. The molecule has 3 aromatic rings. The number of nitrogens with zero attached hydrogens (tertiary/aromatic N) is 4. The highest BCUT2D eigenvalue weighted by Crippen LogP contribution is 2.29. The smallest absolute Gasteiger partial charge is 0.319 e. The summed E-state index contributed by atoms with van der Waals surface area (Å²) in [7, 11) is 3.52. The van der Waals surface area contributed by atoms with Gasteiger partial charge in [0.2, 0.25) is 0 Å². The predicted octanol–water partition coefficient (Wildman–Crippen LogP) is 3.66. The lowest BCUT2D eigenvalue weighted by molar-refractivity contribution is 0.243. The largest absolute Gasteiger partial charge is 0.495 e. The highest BCUT2D eigenvalue weighted by molar-refractivity contribution is 6.30. The molecule has 1 aliphatic heterocycles. The van der Waals surface area contributed by atoms with Gasteiger partial charge in [0.05, 0.1) is 13.3 Å². The highest BCUT2D eigenvalue weighted by atomic mass is 35.5. The minimum Gasteiger partial charge on any atom is -0.495 e.